The van der Waals surface area contributed by atoms with Crippen LogP contribution in [0.1, 0.15) is 44.7 Å². The molecule has 2 N–H and O–H groups in total. The van der Waals surface area contributed by atoms with Gasteiger partial charge >= 0.3 is 0 Å². The molecular formula is C16H27N3O. The first-order valence-electron chi connectivity index (χ1n) is 7.87. The number of aliphatic hydroxyl groups excluding tert-OH is 1. The van der Waals surface area contributed by atoms with Gasteiger partial charge in [0.25, 0.3) is 0 Å². The van der Waals surface area contributed by atoms with E-state index in [-0.39, 0.29) is 6.61 Å². The number of hydrogen-bond donors (Lipinski definition) is 2. The lowest BCUT2D eigenvalue weighted by atomic mass is 9.91. The number of anilines is 1. The van der Waals surface area contributed by atoms with Crippen LogP contribution in [0.4, 0.5) is 5.69 Å². The Morgan fingerprint density at radius 2 is 2.30 bits per heavy atom. The van der Waals surface area contributed by atoms with Crippen molar-refractivity contribution in [3.8, 4) is 0 Å². The summed E-state index contributed by atoms with van der Waals surface area (Å²) in [6, 6.07) is 4.87. The van der Waals surface area contributed by atoms with Crippen LogP contribution in [0.25, 0.3) is 0 Å². The molecule has 4 nitrogen and oxygen atoms in total. The SMILES string of the molecule is CCCNc1ccnc(CN(CCCO)C2CCC2)c1. The Kier molecular flexibility index (Phi) is 6.27. The van der Waals surface area contributed by atoms with Gasteiger partial charge in [0.1, 0.15) is 0 Å². The van der Waals surface area contributed by atoms with Gasteiger partial charge in [0.2, 0.25) is 0 Å². The molecule has 0 radical (unpaired) electrons. The van der Waals surface area contributed by atoms with Gasteiger partial charge in [-0.15, -0.1) is 0 Å². The summed E-state index contributed by atoms with van der Waals surface area (Å²) in [5.74, 6) is 0. The highest BCUT2D eigenvalue weighted by atomic mass is 16.3. The quantitative estimate of drug-likeness (QED) is 0.728. The molecule has 1 aromatic rings. The van der Waals surface area contributed by atoms with Crippen molar-refractivity contribution in [1.82, 2.24) is 9.88 Å². The van der Waals surface area contributed by atoms with Gasteiger partial charge in [-0.05, 0) is 37.8 Å². The summed E-state index contributed by atoms with van der Waals surface area (Å²) in [5, 5.41) is 12.5. The summed E-state index contributed by atoms with van der Waals surface area (Å²) < 4.78 is 0. The molecule has 0 atom stereocenters. The third kappa shape index (κ3) is 4.46. The van der Waals surface area contributed by atoms with E-state index in [1.807, 2.05) is 12.3 Å². The lowest BCUT2D eigenvalue weighted by Gasteiger charge is -2.37. The molecular weight excluding hydrogens is 250 g/mol. The topological polar surface area (TPSA) is 48.4 Å². The smallest absolute Gasteiger partial charge is 0.0564 e. The monoisotopic (exact) mass is 277 g/mol. The number of aliphatic hydroxyl groups is 1. The number of hydrogen-bond acceptors (Lipinski definition) is 4. The number of aromatic nitrogens is 1. The molecule has 0 unspecified atom stereocenters. The van der Waals surface area contributed by atoms with Crippen LogP contribution < -0.4 is 5.32 Å². The predicted octanol–water partition coefficient (Wildman–Crippen LogP) is 2.64. The average molecular weight is 277 g/mol. The highest BCUT2D eigenvalue weighted by Crippen LogP contribution is 2.26. The molecule has 20 heavy (non-hydrogen) atoms. The maximum atomic E-state index is 9.04. The second-order valence-electron chi connectivity index (χ2n) is 5.59. The van der Waals surface area contributed by atoms with Gasteiger partial charge in [-0.3, -0.25) is 9.88 Å². The van der Waals surface area contributed by atoms with Crippen LogP contribution in [0.3, 0.4) is 0 Å². The first-order valence-corrected chi connectivity index (χ1v) is 7.87. The highest BCUT2D eigenvalue weighted by Gasteiger charge is 2.24. The third-order valence-corrected chi connectivity index (χ3v) is 3.96. The van der Waals surface area contributed by atoms with Crippen molar-refractivity contribution in [3.05, 3.63) is 24.0 Å². The van der Waals surface area contributed by atoms with E-state index in [4.69, 9.17) is 5.11 Å². The zero-order valence-electron chi connectivity index (χ0n) is 12.5. The Morgan fingerprint density at radius 1 is 1.45 bits per heavy atom. The summed E-state index contributed by atoms with van der Waals surface area (Å²) in [5.41, 5.74) is 2.28. The zero-order chi connectivity index (χ0) is 14.2. The van der Waals surface area contributed by atoms with Gasteiger partial charge in [-0.25, -0.2) is 0 Å². The van der Waals surface area contributed by atoms with Crippen LogP contribution in [-0.2, 0) is 6.54 Å². The van der Waals surface area contributed by atoms with Crippen molar-refractivity contribution < 1.29 is 5.11 Å². The molecule has 1 fully saturated rings. The first kappa shape index (κ1) is 15.3. The van der Waals surface area contributed by atoms with E-state index >= 15 is 0 Å². The van der Waals surface area contributed by atoms with E-state index in [9.17, 15) is 0 Å². The summed E-state index contributed by atoms with van der Waals surface area (Å²) in [7, 11) is 0. The van der Waals surface area contributed by atoms with E-state index in [0.29, 0.717) is 6.04 Å². The normalized spacial score (nSPS) is 15.3. The minimum absolute atomic E-state index is 0.273. The highest BCUT2D eigenvalue weighted by molar-refractivity contribution is 5.43. The van der Waals surface area contributed by atoms with Gasteiger partial charge in [0.05, 0.1) is 5.69 Å². The van der Waals surface area contributed by atoms with Crippen molar-refractivity contribution in [2.24, 2.45) is 0 Å². The van der Waals surface area contributed by atoms with Crippen LogP contribution in [-0.4, -0.2) is 40.7 Å². The molecule has 4 heteroatoms. The van der Waals surface area contributed by atoms with Crippen molar-refractivity contribution in [3.63, 3.8) is 0 Å². The maximum Gasteiger partial charge on any atom is 0.0564 e. The molecule has 0 aliphatic heterocycles. The van der Waals surface area contributed by atoms with Gasteiger partial charge in [0, 0.05) is 44.2 Å². The van der Waals surface area contributed by atoms with E-state index in [1.165, 1.54) is 19.3 Å². The molecule has 112 valence electrons. The maximum absolute atomic E-state index is 9.04. The lowest BCUT2D eigenvalue weighted by molar-refractivity contribution is 0.108. The van der Waals surface area contributed by atoms with Crippen LogP contribution in [0, 0.1) is 0 Å². The van der Waals surface area contributed by atoms with Crippen molar-refractivity contribution >= 4 is 5.69 Å². The molecule has 0 spiro atoms. The second-order valence-corrected chi connectivity index (χ2v) is 5.59. The summed E-state index contributed by atoms with van der Waals surface area (Å²) in [6.07, 6.45) is 7.79. The minimum Gasteiger partial charge on any atom is -0.396 e. The molecule has 0 bridgehead atoms. The Morgan fingerprint density at radius 3 is 2.95 bits per heavy atom. The van der Waals surface area contributed by atoms with Crippen LogP contribution in [0.5, 0.6) is 0 Å². The molecule has 1 saturated carbocycles. The molecule has 0 amide bonds. The van der Waals surface area contributed by atoms with Gasteiger partial charge in [0.15, 0.2) is 0 Å². The molecule has 1 heterocycles. The Hall–Kier alpha value is -1.13. The van der Waals surface area contributed by atoms with E-state index in [2.05, 4.69) is 28.2 Å². The third-order valence-electron chi connectivity index (χ3n) is 3.96. The number of nitrogens with one attached hydrogen (secondary N) is 1. The van der Waals surface area contributed by atoms with E-state index in [1.54, 1.807) is 0 Å². The standard InChI is InChI=1S/C16H27N3O/c1-2-8-17-14-7-9-18-15(12-14)13-19(10-4-11-20)16-5-3-6-16/h7,9,12,16,20H,2-6,8,10-11,13H2,1H3,(H,17,18). The summed E-state index contributed by atoms with van der Waals surface area (Å²) in [4.78, 5) is 6.97. The fourth-order valence-electron chi connectivity index (χ4n) is 2.57. The van der Waals surface area contributed by atoms with Gasteiger partial charge < -0.3 is 10.4 Å². The largest absolute Gasteiger partial charge is 0.396 e. The molecule has 2 rings (SSSR count). The van der Waals surface area contributed by atoms with Gasteiger partial charge in [-0.2, -0.15) is 0 Å². The van der Waals surface area contributed by atoms with E-state index in [0.717, 1.165) is 43.9 Å². The predicted molar refractivity (Wildman–Crippen MR) is 82.8 cm³/mol. The zero-order valence-corrected chi connectivity index (χ0v) is 12.5. The summed E-state index contributed by atoms with van der Waals surface area (Å²) in [6.45, 7) is 5.30. The fraction of sp³-hybridized carbons (Fsp3) is 0.688. The number of nitrogens with zero attached hydrogens (tertiary/aromatic N) is 2. The molecule has 1 aliphatic rings. The molecule has 1 aromatic heterocycles. The van der Waals surface area contributed by atoms with Crippen molar-refractivity contribution in [2.75, 3.05) is 25.0 Å². The molecule has 0 saturated heterocycles. The molecule has 1 aliphatic carbocycles. The Balaban J connectivity index is 1.94. The van der Waals surface area contributed by atoms with Crippen molar-refractivity contribution in [2.45, 2.75) is 51.6 Å². The Labute approximate surface area is 122 Å². The van der Waals surface area contributed by atoms with Crippen LogP contribution >= 0.6 is 0 Å². The fourth-order valence-corrected chi connectivity index (χ4v) is 2.57. The first-order chi connectivity index (χ1) is 9.83. The Bertz CT molecular complexity index is 393. The van der Waals surface area contributed by atoms with E-state index < -0.39 is 0 Å². The number of pyridine rings is 1. The van der Waals surface area contributed by atoms with Crippen LogP contribution in [0.15, 0.2) is 18.3 Å². The van der Waals surface area contributed by atoms with Gasteiger partial charge in [-0.1, -0.05) is 13.3 Å². The molecule has 0 aromatic carbocycles. The minimum atomic E-state index is 0.273. The second kappa shape index (κ2) is 8.22. The number of rotatable bonds is 9. The van der Waals surface area contributed by atoms with Crippen molar-refractivity contribution in [1.29, 1.82) is 0 Å². The van der Waals surface area contributed by atoms with Crippen LogP contribution in [0.2, 0.25) is 0 Å². The average Bonchev–Trinajstić information content (AvgIpc) is 2.41. The lowest BCUT2D eigenvalue weighted by Crippen LogP contribution is -2.40. The summed E-state index contributed by atoms with van der Waals surface area (Å²) >= 11 is 0.